The predicted molar refractivity (Wildman–Crippen MR) is 80.3 cm³/mol. The van der Waals surface area contributed by atoms with Gasteiger partial charge in [-0.1, -0.05) is 29.8 Å². The molecule has 0 aromatic heterocycles. The van der Waals surface area contributed by atoms with Gasteiger partial charge in [0, 0.05) is 22.0 Å². The van der Waals surface area contributed by atoms with Crippen molar-refractivity contribution in [2.75, 3.05) is 26.7 Å². The van der Waals surface area contributed by atoms with Gasteiger partial charge in [-0.25, -0.2) is 0 Å². The van der Waals surface area contributed by atoms with E-state index in [4.69, 9.17) is 10.5 Å². The van der Waals surface area contributed by atoms with Crippen molar-refractivity contribution in [1.29, 1.82) is 0 Å². The molecular formula is C14H23BrN2O. The van der Waals surface area contributed by atoms with E-state index < -0.39 is 0 Å². The van der Waals surface area contributed by atoms with E-state index in [1.54, 1.807) is 7.11 Å². The van der Waals surface area contributed by atoms with E-state index in [9.17, 15) is 0 Å². The Labute approximate surface area is 118 Å². The van der Waals surface area contributed by atoms with Crippen molar-refractivity contribution < 1.29 is 4.74 Å². The zero-order chi connectivity index (χ0) is 13.6. The fourth-order valence-electron chi connectivity index (χ4n) is 1.93. The fourth-order valence-corrected chi connectivity index (χ4v) is 2.29. The highest BCUT2D eigenvalue weighted by Gasteiger charge is 2.24. The molecule has 0 amide bonds. The van der Waals surface area contributed by atoms with Crippen LogP contribution in [0.15, 0.2) is 22.7 Å². The molecule has 0 radical (unpaired) electrons. The molecule has 0 aliphatic heterocycles. The lowest BCUT2D eigenvalue weighted by Gasteiger charge is -2.28. The smallest absolute Gasteiger partial charge is 0.122 e. The summed E-state index contributed by atoms with van der Waals surface area (Å²) in [7, 11) is 1.71. The quantitative estimate of drug-likeness (QED) is 0.761. The molecule has 1 rings (SSSR count). The van der Waals surface area contributed by atoms with Gasteiger partial charge in [-0.05, 0) is 37.7 Å². The van der Waals surface area contributed by atoms with Crippen molar-refractivity contribution in [2.45, 2.75) is 25.7 Å². The Hall–Kier alpha value is -0.580. The predicted octanol–water partition coefficient (Wildman–Crippen LogP) is 2.67. The average molecular weight is 315 g/mol. The molecule has 0 spiro atoms. The number of benzene rings is 1. The van der Waals surface area contributed by atoms with Gasteiger partial charge in [0.25, 0.3) is 0 Å². The number of ether oxygens (including phenoxy) is 1. The van der Waals surface area contributed by atoms with Gasteiger partial charge in [0.2, 0.25) is 0 Å². The molecule has 0 unspecified atom stereocenters. The highest BCUT2D eigenvalue weighted by molar-refractivity contribution is 9.10. The maximum Gasteiger partial charge on any atom is 0.122 e. The Morgan fingerprint density at radius 3 is 2.72 bits per heavy atom. The minimum atomic E-state index is 0.0176. The summed E-state index contributed by atoms with van der Waals surface area (Å²) >= 11 is 3.52. The second-order valence-electron chi connectivity index (χ2n) is 5.05. The van der Waals surface area contributed by atoms with E-state index in [0.717, 1.165) is 36.3 Å². The zero-order valence-electron chi connectivity index (χ0n) is 11.4. The van der Waals surface area contributed by atoms with E-state index in [0.29, 0.717) is 0 Å². The van der Waals surface area contributed by atoms with E-state index in [1.165, 1.54) is 5.56 Å². The second-order valence-corrected chi connectivity index (χ2v) is 5.96. The fraction of sp³-hybridized carbons (Fsp3) is 0.571. The summed E-state index contributed by atoms with van der Waals surface area (Å²) < 4.78 is 6.52. The zero-order valence-corrected chi connectivity index (χ0v) is 13.0. The van der Waals surface area contributed by atoms with Crippen molar-refractivity contribution in [1.82, 2.24) is 5.32 Å². The molecule has 1 aromatic carbocycles. The monoisotopic (exact) mass is 314 g/mol. The van der Waals surface area contributed by atoms with Crippen molar-refractivity contribution in [2.24, 2.45) is 5.73 Å². The van der Waals surface area contributed by atoms with Crippen LogP contribution in [0.5, 0.6) is 5.75 Å². The maximum absolute atomic E-state index is 5.49. The molecule has 0 saturated heterocycles. The first-order chi connectivity index (χ1) is 8.51. The number of rotatable bonds is 7. The third-order valence-electron chi connectivity index (χ3n) is 3.02. The molecule has 0 aliphatic carbocycles. The summed E-state index contributed by atoms with van der Waals surface area (Å²) in [5.41, 5.74) is 6.71. The van der Waals surface area contributed by atoms with Crippen molar-refractivity contribution in [3.8, 4) is 5.75 Å². The summed E-state index contributed by atoms with van der Waals surface area (Å²) in [6.07, 6.45) is 1.01. The van der Waals surface area contributed by atoms with Gasteiger partial charge in [-0.3, -0.25) is 0 Å². The van der Waals surface area contributed by atoms with Gasteiger partial charge < -0.3 is 15.8 Å². The van der Waals surface area contributed by atoms with Gasteiger partial charge in [0.05, 0.1) is 7.11 Å². The Kier molecular flexibility index (Phi) is 6.12. The van der Waals surface area contributed by atoms with Gasteiger partial charge in [0.15, 0.2) is 0 Å². The molecule has 0 bridgehead atoms. The average Bonchev–Trinajstić information content (AvgIpc) is 2.35. The van der Waals surface area contributed by atoms with E-state index >= 15 is 0 Å². The third-order valence-corrected chi connectivity index (χ3v) is 3.51. The van der Waals surface area contributed by atoms with Gasteiger partial charge in [0.1, 0.15) is 5.75 Å². The summed E-state index contributed by atoms with van der Waals surface area (Å²) in [6.45, 7) is 7.02. The number of hydrogen-bond donors (Lipinski definition) is 2. The first kappa shape index (κ1) is 15.5. The Morgan fingerprint density at radius 2 is 2.11 bits per heavy atom. The Morgan fingerprint density at radius 1 is 1.39 bits per heavy atom. The molecule has 102 valence electrons. The lowest BCUT2D eigenvalue weighted by atomic mass is 9.84. The lowest BCUT2D eigenvalue weighted by Crippen LogP contribution is -2.34. The minimum absolute atomic E-state index is 0.0176. The van der Waals surface area contributed by atoms with E-state index in [2.05, 4.69) is 41.2 Å². The molecule has 4 heteroatoms. The standard InChI is InChI=1S/C14H23BrN2O/c1-14(2,10-17-8-4-7-16)12-9-11(15)5-6-13(12)18-3/h5-6,9,17H,4,7-8,10,16H2,1-3H3. The van der Waals surface area contributed by atoms with Crippen LogP contribution in [-0.4, -0.2) is 26.7 Å². The van der Waals surface area contributed by atoms with Crippen molar-refractivity contribution in [3.05, 3.63) is 28.2 Å². The van der Waals surface area contributed by atoms with Crippen LogP contribution in [0.25, 0.3) is 0 Å². The van der Waals surface area contributed by atoms with Crippen molar-refractivity contribution in [3.63, 3.8) is 0 Å². The number of nitrogens with one attached hydrogen (secondary N) is 1. The van der Waals surface area contributed by atoms with E-state index in [1.807, 2.05) is 12.1 Å². The molecule has 0 atom stereocenters. The minimum Gasteiger partial charge on any atom is -0.496 e. The van der Waals surface area contributed by atoms with E-state index in [-0.39, 0.29) is 5.41 Å². The summed E-state index contributed by atoms with van der Waals surface area (Å²) in [5.74, 6) is 0.934. The third kappa shape index (κ3) is 4.26. The van der Waals surface area contributed by atoms with Crippen LogP contribution in [0.3, 0.4) is 0 Å². The first-order valence-corrected chi connectivity index (χ1v) is 7.05. The van der Waals surface area contributed by atoms with Crippen LogP contribution in [0.1, 0.15) is 25.8 Å². The summed E-state index contributed by atoms with van der Waals surface area (Å²) in [4.78, 5) is 0. The van der Waals surface area contributed by atoms with Crippen LogP contribution in [0.4, 0.5) is 0 Å². The highest BCUT2D eigenvalue weighted by atomic mass is 79.9. The molecule has 18 heavy (non-hydrogen) atoms. The molecule has 0 saturated carbocycles. The molecule has 1 aromatic rings. The van der Waals surface area contributed by atoms with Gasteiger partial charge in [-0.15, -0.1) is 0 Å². The summed E-state index contributed by atoms with van der Waals surface area (Å²) in [6, 6.07) is 6.13. The summed E-state index contributed by atoms with van der Waals surface area (Å²) in [5, 5.41) is 3.44. The number of nitrogens with two attached hydrogens (primary N) is 1. The number of halogens is 1. The van der Waals surface area contributed by atoms with Gasteiger partial charge >= 0.3 is 0 Å². The first-order valence-electron chi connectivity index (χ1n) is 6.26. The Bertz CT molecular complexity index is 380. The molecular weight excluding hydrogens is 292 g/mol. The highest BCUT2D eigenvalue weighted by Crippen LogP contribution is 2.33. The van der Waals surface area contributed by atoms with Crippen LogP contribution in [-0.2, 0) is 5.41 Å². The molecule has 3 N–H and O–H groups in total. The van der Waals surface area contributed by atoms with Crippen LogP contribution < -0.4 is 15.8 Å². The molecule has 0 heterocycles. The van der Waals surface area contributed by atoms with Crippen LogP contribution >= 0.6 is 15.9 Å². The second kappa shape index (κ2) is 7.12. The molecule has 0 aliphatic rings. The molecule has 0 fully saturated rings. The number of hydrogen-bond acceptors (Lipinski definition) is 3. The largest absolute Gasteiger partial charge is 0.496 e. The normalized spacial score (nSPS) is 11.6. The van der Waals surface area contributed by atoms with Crippen LogP contribution in [0.2, 0.25) is 0 Å². The van der Waals surface area contributed by atoms with Crippen LogP contribution in [0, 0.1) is 0 Å². The van der Waals surface area contributed by atoms with Crippen molar-refractivity contribution >= 4 is 15.9 Å². The molecule has 3 nitrogen and oxygen atoms in total. The maximum atomic E-state index is 5.49. The topological polar surface area (TPSA) is 47.3 Å². The lowest BCUT2D eigenvalue weighted by molar-refractivity contribution is 0.385. The SMILES string of the molecule is COc1ccc(Br)cc1C(C)(C)CNCCCN. The Balaban J connectivity index is 2.79. The number of methoxy groups -OCH3 is 1. The van der Waals surface area contributed by atoms with Gasteiger partial charge in [-0.2, -0.15) is 0 Å².